The van der Waals surface area contributed by atoms with Crippen molar-refractivity contribution in [3.8, 4) is 22.8 Å². The number of aromatic nitrogens is 1. The highest BCUT2D eigenvalue weighted by atomic mass is 32.1. The van der Waals surface area contributed by atoms with Crippen LogP contribution in [0.4, 0.5) is 0 Å². The summed E-state index contributed by atoms with van der Waals surface area (Å²) in [6.45, 7) is 10.6. The maximum Gasteiger partial charge on any atom is 0.161 e. The molecule has 0 radical (unpaired) electrons. The van der Waals surface area contributed by atoms with Crippen molar-refractivity contribution in [2.75, 3.05) is 27.3 Å². The molecule has 2 aromatic carbocycles. The fraction of sp³-hybridized carbons (Fsp3) is 0.486. The van der Waals surface area contributed by atoms with Gasteiger partial charge in [-0.1, -0.05) is 52.3 Å². The molecule has 6 nitrogen and oxygen atoms in total. The van der Waals surface area contributed by atoms with Gasteiger partial charge in [-0.15, -0.1) is 11.3 Å². The molecule has 6 rings (SSSR count). The second-order valence-electron chi connectivity index (χ2n) is 13.2. The molecule has 1 fully saturated rings. The number of benzene rings is 2. The summed E-state index contributed by atoms with van der Waals surface area (Å²) in [5.41, 5.74) is 6.96. The van der Waals surface area contributed by atoms with Crippen LogP contribution in [0.2, 0.25) is 0 Å². The van der Waals surface area contributed by atoms with Gasteiger partial charge >= 0.3 is 0 Å². The number of amidine groups is 1. The predicted molar refractivity (Wildman–Crippen MR) is 171 cm³/mol. The fourth-order valence-corrected chi connectivity index (χ4v) is 9.03. The minimum atomic E-state index is 0.0527. The molecule has 3 atom stereocenters. The summed E-state index contributed by atoms with van der Waals surface area (Å²) in [4.78, 5) is 6.94. The molecule has 3 aromatic rings. The maximum absolute atomic E-state index is 11.1. The molecule has 1 aromatic heterocycles. The van der Waals surface area contributed by atoms with Gasteiger partial charge in [-0.05, 0) is 83.2 Å². The largest absolute Gasteiger partial charge is 0.510 e. The summed E-state index contributed by atoms with van der Waals surface area (Å²) in [6, 6.07) is 13.0. The number of aliphatic hydroxyl groups is 1. The number of nitrogens with zero attached hydrogens (tertiary/aromatic N) is 2. The summed E-state index contributed by atoms with van der Waals surface area (Å²) in [6.07, 6.45) is 5.84. The smallest absolute Gasteiger partial charge is 0.161 e. The Hall–Kier alpha value is -3.32. The zero-order valence-corrected chi connectivity index (χ0v) is 26.5. The summed E-state index contributed by atoms with van der Waals surface area (Å²) >= 11 is 1.46. The molecule has 1 saturated carbocycles. The van der Waals surface area contributed by atoms with Crippen molar-refractivity contribution >= 4 is 22.7 Å². The van der Waals surface area contributed by atoms with Gasteiger partial charge in [0.15, 0.2) is 11.5 Å². The van der Waals surface area contributed by atoms with Crippen molar-refractivity contribution in [2.45, 2.75) is 71.1 Å². The lowest BCUT2D eigenvalue weighted by atomic mass is 9.49. The molecular formula is C35H43N3O3S. The lowest BCUT2D eigenvalue weighted by molar-refractivity contribution is 0.0108. The van der Waals surface area contributed by atoms with Crippen molar-refractivity contribution in [3.63, 3.8) is 0 Å². The number of rotatable bonds is 7. The van der Waals surface area contributed by atoms with Gasteiger partial charge in [0.2, 0.25) is 0 Å². The number of hydrogen-bond acceptors (Lipinski definition) is 6. The van der Waals surface area contributed by atoms with Gasteiger partial charge in [-0.25, -0.2) is 4.98 Å². The van der Waals surface area contributed by atoms with Crippen molar-refractivity contribution in [3.05, 3.63) is 69.2 Å². The van der Waals surface area contributed by atoms with Crippen LogP contribution < -0.4 is 9.47 Å². The van der Waals surface area contributed by atoms with E-state index in [0.29, 0.717) is 46.3 Å². The van der Waals surface area contributed by atoms with Gasteiger partial charge in [0.1, 0.15) is 16.6 Å². The lowest BCUT2D eigenvalue weighted by Crippen LogP contribution is -2.53. The summed E-state index contributed by atoms with van der Waals surface area (Å²) < 4.78 is 10.9. The number of hydrogen-bond donors (Lipinski definition) is 2. The highest BCUT2D eigenvalue weighted by Gasteiger charge is 2.52. The van der Waals surface area contributed by atoms with Crippen LogP contribution in [0, 0.1) is 16.7 Å². The Morgan fingerprint density at radius 3 is 2.62 bits per heavy atom. The topological polar surface area (TPSA) is 78.7 Å². The Morgan fingerprint density at radius 1 is 1.10 bits per heavy atom. The summed E-state index contributed by atoms with van der Waals surface area (Å²) in [7, 11) is 3.24. The average Bonchev–Trinajstić information content (AvgIpc) is 3.55. The first kappa shape index (κ1) is 28.8. The Kier molecular flexibility index (Phi) is 7.37. The second-order valence-corrected chi connectivity index (χ2v) is 14.1. The van der Waals surface area contributed by atoms with Gasteiger partial charge in [0.05, 0.1) is 32.0 Å². The molecule has 2 N–H and O–H groups in total. The van der Waals surface area contributed by atoms with Crippen molar-refractivity contribution in [1.29, 1.82) is 5.41 Å². The number of aliphatic hydroxyl groups excluding tert-OH is 1. The minimum Gasteiger partial charge on any atom is -0.510 e. The van der Waals surface area contributed by atoms with E-state index in [2.05, 4.69) is 50.8 Å². The zero-order chi connectivity index (χ0) is 29.8. The van der Waals surface area contributed by atoms with E-state index in [1.54, 1.807) is 14.2 Å². The average molecular weight is 586 g/mol. The summed E-state index contributed by atoms with van der Waals surface area (Å²) in [5, 5.41) is 23.0. The number of thiazole rings is 1. The number of aryl methyl sites for hydroxylation is 1. The normalized spacial score (nSPS) is 25.5. The SMILES string of the molecule is COc1ccc(-c2csc(C3=C(O)CN(C[C@]4(C)CCC[C@@]5(C)c6ccc(C(C)C)cc6CC[C@@H]45)C3=N)n2)cc1OC. The Labute approximate surface area is 253 Å². The zero-order valence-electron chi connectivity index (χ0n) is 25.7. The Morgan fingerprint density at radius 2 is 1.88 bits per heavy atom. The van der Waals surface area contributed by atoms with Crippen LogP contribution >= 0.6 is 11.3 Å². The highest BCUT2D eigenvalue weighted by molar-refractivity contribution is 7.11. The van der Waals surface area contributed by atoms with E-state index in [0.717, 1.165) is 30.6 Å². The van der Waals surface area contributed by atoms with Crippen molar-refractivity contribution in [1.82, 2.24) is 9.88 Å². The second kappa shape index (κ2) is 10.7. The lowest BCUT2D eigenvalue weighted by Gasteiger charge is -2.56. The molecule has 1 aliphatic heterocycles. The molecule has 7 heteroatoms. The van der Waals surface area contributed by atoms with Crippen LogP contribution in [0.5, 0.6) is 11.5 Å². The van der Waals surface area contributed by atoms with E-state index >= 15 is 0 Å². The first-order chi connectivity index (χ1) is 20.1. The van der Waals surface area contributed by atoms with Crippen LogP contribution in [0.25, 0.3) is 16.8 Å². The minimum absolute atomic E-state index is 0.0527. The summed E-state index contributed by atoms with van der Waals surface area (Å²) in [5.74, 6) is 3.01. The van der Waals surface area contributed by atoms with E-state index in [4.69, 9.17) is 19.9 Å². The number of methoxy groups -OCH3 is 2. The Balaban J connectivity index is 1.23. The molecule has 0 bridgehead atoms. The third kappa shape index (κ3) is 4.70. The molecule has 2 heterocycles. The molecule has 2 aliphatic carbocycles. The van der Waals surface area contributed by atoms with Crippen molar-refractivity contribution < 1.29 is 14.6 Å². The van der Waals surface area contributed by atoms with Gasteiger partial charge in [0.25, 0.3) is 0 Å². The van der Waals surface area contributed by atoms with E-state index in [9.17, 15) is 5.11 Å². The number of ether oxygens (including phenoxy) is 2. The standard InChI is InChI=1S/C35H43N3O3S/c1-21(2)22-8-11-25-23(16-22)10-13-30-34(3,14-7-15-35(25,30)4)20-38-18-27(39)31(32(38)36)33-37-26(19-42-33)24-9-12-28(40-5)29(17-24)41-6/h8-9,11-12,16-17,19,21,30,36,39H,7,10,13-15,18,20H2,1-6H3/t30-,34-,35-/m0/s1. The maximum atomic E-state index is 11.1. The predicted octanol–water partition coefficient (Wildman–Crippen LogP) is 8.22. The van der Waals surface area contributed by atoms with Gasteiger partial charge in [-0.2, -0.15) is 0 Å². The van der Waals surface area contributed by atoms with Gasteiger partial charge < -0.3 is 19.5 Å². The van der Waals surface area contributed by atoms with Crippen LogP contribution in [0.1, 0.15) is 81.0 Å². The van der Waals surface area contributed by atoms with E-state index in [-0.39, 0.29) is 16.6 Å². The molecule has 0 saturated heterocycles. The molecule has 42 heavy (non-hydrogen) atoms. The van der Waals surface area contributed by atoms with Crippen LogP contribution in [-0.4, -0.2) is 48.1 Å². The first-order valence-electron chi connectivity index (χ1n) is 15.2. The molecule has 3 aliphatic rings. The van der Waals surface area contributed by atoms with E-state index in [1.165, 1.54) is 47.3 Å². The quantitative estimate of drug-likeness (QED) is 0.292. The van der Waals surface area contributed by atoms with E-state index < -0.39 is 0 Å². The highest BCUT2D eigenvalue weighted by Crippen LogP contribution is 2.58. The van der Waals surface area contributed by atoms with Crippen LogP contribution in [-0.2, 0) is 11.8 Å². The van der Waals surface area contributed by atoms with E-state index in [1.807, 2.05) is 23.6 Å². The Bertz CT molecular complexity index is 1560. The van der Waals surface area contributed by atoms with Crippen molar-refractivity contribution in [2.24, 2.45) is 11.3 Å². The van der Waals surface area contributed by atoms with Crippen LogP contribution in [0.15, 0.2) is 47.5 Å². The molecule has 0 unspecified atom stereocenters. The molecule has 0 amide bonds. The monoisotopic (exact) mass is 585 g/mol. The third-order valence-corrected chi connectivity index (χ3v) is 11.2. The van der Waals surface area contributed by atoms with Gasteiger partial charge in [-0.3, -0.25) is 5.41 Å². The fourth-order valence-electron chi connectivity index (χ4n) is 8.14. The molecule has 222 valence electrons. The number of fused-ring (bicyclic) bond motifs is 3. The van der Waals surface area contributed by atoms with Gasteiger partial charge in [0, 0.05) is 17.5 Å². The number of nitrogens with one attached hydrogen (secondary N) is 1. The third-order valence-electron chi connectivity index (χ3n) is 10.3. The first-order valence-corrected chi connectivity index (χ1v) is 16.0. The molecule has 0 spiro atoms. The molecular weight excluding hydrogens is 542 g/mol. The van der Waals surface area contributed by atoms with Crippen LogP contribution in [0.3, 0.4) is 0 Å².